The molecule has 29 heavy (non-hydrogen) atoms. The Kier molecular flexibility index (Phi) is 10.00. The summed E-state index contributed by atoms with van der Waals surface area (Å²) in [5, 5.41) is 7.09. The molecule has 3 aliphatic rings. The van der Waals surface area contributed by atoms with Gasteiger partial charge in [-0.25, -0.2) is 0 Å². The molecule has 3 rings (SSSR count). The van der Waals surface area contributed by atoms with Crippen molar-refractivity contribution in [2.45, 2.75) is 44.9 Å². The second kappa shape index (κ2) is 12.7. The Morgan fingerprint density at radius 2 is 1.93 bits per heavy atom. The number of ether oxygens (including phenoxy) is 3. The average molecular weight is 411 g/mol. The third kappa shape index (κ3) is 8.04. The first kappa shape index (κ1) is 22.8. The highest BCUT2D eigenvalue weighted by atomic mass is 16.5. The summed E-state index contributed by atoms with van der Waals surface area (Å²) in [7, 11) is 1.86. The summed E-state index contributed by atoms with van der Waals surface area (Å²) in [4.78, 5) is 7.03. The van der Waals surface area contributed by atoms with Gasteiger partial charge < -0.3 is 24.8 Å². The summed E-state index contributed by atoms with van der Waals surface area (Å²) < 4.78 is 16.7. The monoisotopic (exact) mass is 410 g/mol. The van der Waals surface area contributed by atoms with Crippen LogP contribution in [0.5, 0.6) is 0 Å². The van der Waals surface area contributed by atoms with Gasteiger partial charge in [-0.1, -0.05) is 19.3 Å². The number of rotatable bonds is 10. The van der Waals surface area contributed by atoms with Crippen molar-refractivity contribution in [1.29, 1.82) is 0 Å². The van der Waals surface area contributed by atoms with Crippen LogP contribution in [0.15, 0.2) is 4.99 Å². The summed E-state index contributed by atoms with van der Waals surface area (Å²) in [6.07, 6.45) is 8.84. The number of hydrogen-bond acceptors (Lipinski definition) is 5. The summed E-state index contributed by atoms with van der Waals surface area (Å²) in [6.45, 7) is 10.3. The molecule has 0 aromatic heterocycles. The quantitative estimate of drug-likeness (QED) is 0.326. The highest BCUT2D eigenvalue weighted by Gasteiger charge is 2.34. The molecule has 0 bridgehead atoms. The summed E-state index contributed by atoms with van der Waals surface area (Å²) in [6, 6.07) is 0. The van der Waals surface area contributed by atoms with Crippen molar-refractivity contribution >= 4 is 5.96 Å². The lowest BCUT2D eigenvalue weighted by Crippen LogP contribution is -2.51. The third-order valence-electron chi connectivity index (χ3n) is 6.57. The van der Waals surface area contributed by atoms with Crippen LogP contribution in [0.4, 0.5) is 0 Å². The minimum atomic E-state index is 0.361. The van der Waals surface area contributed by atoms with Gasteiger partial charge in [0.1, 0.15) is 0 Å². The van der Waals surface area contributed by atoms with E-state index in [4.69, 9.17) is 14.2 Å². The van der Waals surface area contributed by atoms with Gasteiger partial charge >= 0.3 is 0 Å². The third-order valence-corrected chi connectivity index (χ3v) is 6.57. The molecule has 168 valence electrons. The van der Waals surface area contributed by atoms with Gasteiger partial charge in [0.05, 0.1) is 26.4 Å². The maximum Gasteiger partial charge on any atom is 0.190 e. The van der Waals surface area contributed by atoms with Crippen molar-refractivity contribution in [1.82, 2.24) is 15.5 Å². The van der Waals surface area contributed by atoms with Crippen LogP contribution in [-0.4, -0.2) is 90.3 Å². The normalized spacial score (nSPS) is 25.8. The SMILES string of the molecule is CN=C(NCCCOCC1CCOC1)NCC1(CN2CCOCC2)CCCCC1. The molecule has 0 aromatic rings. The first-order valence-electron chi connectivity index (χ1n) is 11.7. The molecule has 0 amide bonds. The Labute approximate surface area is 176 Å². The van der Waals surface area contributed by atoms with Crippen molar-refractivity contribution in [3.05, 3.63) is 0 Å². The van der Waals surface area contributed by atoms with E-state index >= 15 is 0 Å². The molecule has 7 heteroatoms. The van der Waals surface area contributed by atoms with Gasteiger partial charge in [0.2, 0.25) is 0 Å². The van der Waals surface area contributed by atoms with E-state index < -0.39 is 0 Å². The van der Waals surface area contributed by atoms with Crippen molar-refractivity contribution < 1.29 is 14.2 Å². The minimum absolute atomic E-state index is 0.361. The second-order valence-corrected chi connectivity index (χ2v) is 8.96. The molecule has 7 nitrogen and oxygen atoms in total. The molecule has 0 spiro atoms. The number of morpholine rings is 1. The number of nitrogens with one attached hydrogen (secondary N) is 2. The number of nitrogens with zero attached hydrogens (tertiary/aromatic N) is 2. The van der Waals surface area contributed by atoms with Crippen molar-refractivity contribution in [3.63, 3.8) is 0 Å². The highest BCUT2D eigenvalue weighted by Crippen LogP contribution is 2.36. The minimum Gasteiger partial charge on any atom is -0.381 e. The maximum atomic E-state index is 5.79. The molecule has 2 N–H and O–H groups in total. The Balaban J connectivity index is 1.34. The highest BCUT2D eigenvalue weighted by molar-refractivity contribution is 5.79. The molecular weight excluding hydrogens is 368 g/mol. The van der Waals surface area contributed by atoms with Crippen LogP contribution in [0.2, 0.25) is 0 Å². The van der Waals surface area contributed by atoms with E-state index in [0.717, 1.165) is 84.6 Å². The van der Waals surface area contributed by atoms with Gasteiger partial charge in [0, 0.05) is 64.3 Å². The zero-order valence-electron chi connectivity index (χ0n) is 18.4. The molecule has 0 aromatic carbocycles. The van der Waals surface area contributed by atoms with Crippen molar-refractivity contribution in [2.75, 3.05) is 79.4 Å². The zero-order valence-corrected chi connectivity index (χ0v) is 18.4. The van der Waals surface area contributed by atoms with Gasteiger partial charge in [-0.3, -0.25) is 9.89 Å². The van der Waals surface area contributed by atoms with E-state index in [1.54, 1.807) is 0 Å². The van der Waals surface area contributed by atoms with Gasteiger partial charge in [-0.05, 0) is 25.7 Å². The van der Waals surface area contributed by atoms with Crippen molar-refractivity contribution in [3.8, 4) is 0 Å². The predicted molar refractivity (Wildman–Crippen MR) is 117 cm³/mol. The van der Waals surface area contributed by atoms with Crippen LogP contribution in [0.1, 0.15) is 44.9 Å². The Hall–Kier alpha value is -0.890. The van der Waals surface area contributed by atoms with Gasteiger partial charge in [-0.2, -0.15) is 0 Å². The molecule has 0 radical (unpaired) electrons. The molecule has 1 saturated carbocycles. The standard InChI is InChI=1S/C22H42N4O3/c1-23-21(24-9-5-12-28-16-20-6-13-29-17-20)25-18-22(7-3-2-4-8-22)19-26-10-14-27-15-11-26/h20H,2-19H2,1H3,(H2,23,24,25). The fourth-order valence-corrected chi connectivity index (χ4v) is 4.76. The molecule has 2 aliphatic heterocycles. The maximum absolute atomic E-state index is 5.79. The average Bonchev–Trinajstić information content (AvgIpc) is 3.28. The van der Waals surface area contributed by atoms with E-state index in [1.807, 2.05) is 7.05 Å². The Bertz CT molecular complexity index is 471. The van der Waals surface area contributed by atoms with E-state index in [2.05, 4.69) is 20.5 Å². The van der Waals surface area contributed by atoms with E-state index in [0.29, 0.717) is 11.3 Å². The van der Waals surface area contributed by atoms with Gasteiger partial charge in [-0.15, -0.1) is 0 Å². The van der Waals surface area contributed by atoms with Gasteiger partial charge in [0.15, 0.2) is 5.96 Å². The van der Waals surface area contributed by atoms with E-state index in [9.17, 15) is 0 Å². The molecule has 2 saturated heterocycles. The number of aliphatic imine (C=N–C) groups is 1. The molecular formula is C22H42N4O3. The summed E-state index contributed by atoms with van der Waals surface area (Å²) in [5.41, 5.74) is 0.361. The lowest BCUT2D eigenvalue weighted by Gasteiger charge is -2.42. The summed E-state index contributed by atoms with van der Waals surface area (Å²) >= 11 is 0. The lowest BCUT2D eigenvalue weighted by atomic mass is 9.73. The van der Waals surface area contributed by atoms with Crippen LogP contribution in [-0.2, 0) is 14.2 Å². The van der Waals surface area contributed by atoms with E-state index in [-0.39, 0.29) is 0 Å². The topological polar surface area (TPSA) is 67.4 Å². The number of hydrogen-bond donors (Lipinski definition) is 2. The second-order valence-electron chi connectivity index (χ2n) is 8.96. The molecule has 2 heterocycles. The van der Waals surface area contributed by atoms with Crippen LogP contribution in [0.3, 0.4) is 0 Å². The van der Waals surface area contributed by atoms with Crippen molar-refractivity contribution in [2.24, 2.45) is 16.3 Å². The summed E-state index contributed by atoms with van der Waals surface area (Å²) in [5.74, 6) is 1.51. The molecule has 1 aliphatic carbocycles. The molecule has 1 unspecified atom stereocenters. The molecule has 1 atom stereocenters. The first-order valence-corrected chi connectivity index (χ1v) is 11.7. The fourth-order valence-electron chi connectivity index (χ4n) is 4.76. The Morgan fingerprint density at radius 3 is 2.66 bits per heavy atom. The largest absolute Gasteiger partial charge is 0.381 e. The number of guanidine groups is 1. The smallest absolute Gasteiger partial charge is 0.190 e. The Morgan fingerprint density at radius 1 is 1.10 bits per heavy atom. The first-order chi connectivity index (χ1) is 14.3. The predicted octanol–water partition coefficient (Wildman–Crippen LogP) is 1.88. The van der Waals surface area contributed by atoms with Crippen LogP contribution in [0.25, 0.3) is 0 Å². The van der Waals surface area contributed by atoms with Crippen LogP contribution in [0, 0.1) is 11.3 Å². The van der Waals surface area contributed by atoms with Crippen LogP contribution < -0.4 is 10.6 Å². The lowest BCUT2D eigenvalue weighted by molar-refractivity contribution is 0.00820. The zero-order chi connectivity index (χ0) is 20.2. The molecule has 3 fully saturated rings. The van der Waals surface area contributed by atoms with E-state index in [1.165, 1.54) is 38.6 Å². The van der Waals surface area contributed by atoms with Gasteiger partial charge in [0.25, 0.3) is 0 Å². The fraction of sp³-hybridized carbons (Fsp3) is 0.955. The van der Waals surface area contributed by atoms with Crippen LogP contribution >= 0.6 is 0 Å².